The fourth-order valence-electron chi connectivity index (χ4n) is 2.52. The van der Waals surface area contributed by atoms with Gasteiger partial charge in [-0.25, -0.2) is 9.97 Å². The summed E-state index contributed by atoms with van der Waals surface area (Å²) in [6.07, 6.45) is 1.86. The molecule has 2 N–H and O–H groups in total. The van der Waals surface area contributed by atoms with Gasteiger partial charge < -0.3 is 14.6 Å². The first-order chi connectivity index (χ1) is 14.2. The van der Waals surface area contributed by atoms with Crippen LogP contribution < -0.4 is 10.1 Å². The largest absolute Gasteiger partial charge is 0.494 e. The number of aryl methyl sites for hydroxylation is 1. The van der Waals surface area contributed by atoms with Crippen molar-refractivity contribution >= 4 is 22.4 Å². The van der Waals surface area contributed by atoms with Crippen LogP contribution >= 0.6 is 11.3 Å². The number of hydrogen-bond acceptors (Lipinski definition) is 9. The van der Waals surface area contributed by atoms with Gasteiger partial charge in [-0.3, -0.25) is 9.89 Å². The number of nitrogens with one attached hydrogen (secondary N) is 2. The Morgan fingerprint density at radius 2 is 2.14 bits per heavy atom. The lowest BCUT2D eigenvalue weighted by Gasteiger charge is -2.03. The molecular formula is C18H17N7O3S. The minimum Gasteiger partial charge on any atom is -0.494 e. The molecule has 3 heterocycles. The van der Waals surface area contributed by atoms with Gasteiger partial charge in [0.05, 0.1) is 12.3 Å². The summed E-state index contributed by atoms with van der Waals surface area (Å²) in [5, 5.41) is 15.4. The van der Waals surface area contributed by atoms with Crippen LogP contribution in [0.25, 0.3) is 22.9 Å². The van der Waals surface area contributed by atoms with Gasteiger partial charge in [0.15, 0.2) is 11.0 Å². The zero-order chi connectivity index (χ0) is 20.1. The Labute approximate surface area is 169 Å². The van der Waals surface area contributed by atoms with Gasteiger partial charge >= 0.3 is 0 Å². The number of ether oxygens (including phenoxy) is 1. The third kappa shape index (κ3) is 4.63. The van der Waals surface area contributed by atoms with Crippen LogP contribution in [0.5, 0.6) is 5.75 Å². The van der Waals surface area contributed by atoms with E-state index < -0.39 is 0 Å². The zero-order valence-corrected chi connectivity index (χ0v) is 16.3. The topological polar surface area (TPSA) is 132 Å². The molecule has 0 aliphatic rings. The second-order valence-electron chi connectivity index (χ2n) is 5.89. The lowest BCUT2D eigenvalue weighted by atomic mass is 10.2. The van der Waals surface area contributed by atoms with Crippen molar-refractivity contribution in [1.82, 2.24) is 30.3 Å². The number of anilines is 1. The molecule has 0 saturated heterocycles. The summed E-state index contributed by atoms with van der Waals surface area (Å²) in [5.41, 5.74) is 1.75. The van der Waals surface area contributed by atoms with E-state index in [1.165, 1.54) is 17.7 Å². The number of rotatable bonds is 8. The maximum atomic E-state index is 12.2. The highest BCUT2D eigenvalue weighted by atomic mass is 32.1. The number of carbonyl (C=O) groups excluding carboxylic acids is 1. The van der Waals surface area contributed by atoms with Crippen LogP contribution in [0.4, 0.5) is 5.13 Å². The average molecular weight is 411 g/mol. The maximum Gasteiger partial charge on any atom is 0.239 e. The molecule has 29 heavy (non-hydrogen) atoms. The van der Waals surface area contributed by atoms with E-state index in [2.05, 4.69) is 35.6 Å². The van der Waals surface area contributed by atoms with E-state index in [0.29, 0.717) is 35.7 Å². The Morgan fingerprint density at radius 1 is 1.28 bits per heavy atom. The van der Waals surface area contributed by atoms with Crippen LogP contribution in [0.2, 0.25) is 0 Å². The number of aromatic amines is 1. The van der Waals surface area contributed by atoms with E-state index in [1.807, 2.05) is 36.6 Å². The summed E-state index contributed by atoms with van der Waals surface area (Å²) in [7, 11) is 0. The molecule has 4 rings (SSSR count). The molecule has 0 radical (unpaired) electrons. The van der Waals surface area contributed by atoms with Gasteiger partial charge in [-0.1, -0.05) is 5.16 Å². The molecule has 4 aromatic rings. The van der Waals surface area contributed by atoms with Crippen molar-refractivity contribution in [3.05, 3.63) is 41.9 Å². The summed E-state index contributed by atoms with van der Waals surface area (Å²) in [5.74, 6) is 1.69. The molecule has 148 valence electrons. The van der Waals surface area contributed by atoms with Crippen molar-refractivity contribution in [2.24, 2.45) is 0 Å². The summed E-state index contributed by atoms with van der Waals surface area (Å²) < 4.78 is 10.6. The minimum atomic E-state index is -0.183. The number of thiazole rings is 1. The molecule has 0 unspecified atom stereocenters. The molecule has 0 bridgehead atoms. The van der Waals surface area contributed by atoms with E-state index >= 15 is 0 Å². The molecule has 0 saturated carbocycles. The Morgan fingerprint density at radius 3 is 2.90 bits per heavy atom. The van der Waals surface area contributed by atoms with Crippen LogP contribution in [0.3, 0.4) is 0 Å². The van der Waals surface area contributed by atoms with Crippen LogP contribution in [-0.4, -0.2) is 42.8 Å². The molecule has 1 aromatic carbocycles. The van der Waals surface area contributed by atoms with Crippen LogP contribution in [0.15, 0.2) is 40.5 Å². The van der Waals surface area contributed by atoms with Crippen molar-refractivity contribution in [3.8, 4) is 28.7 Å². The van der Waals surface area contributed by atoms with Crippen LogP contribution in [0, 0.1) is 0 Å². The SMILES string of the molecule is CCOc1ccc(-c2csc(NC(=O)CCc3nc(-c4ncn[nH]4)no3)n2)cc1. The predicted molar refractivity (Wildman–Crippen MR) is 105 cm³/mol. The fourth-order valence-corrected chi connectivity index (χ4v) is 3.26. The van der Waals surface area contributed by atoms with Crippen molar-refractivity contribution in [2.45, 2.75) is 19.8 Å². The van der Waals surface area contributed by atoms with Crippen molar-refractivity contribution in [1.29, 1.82) is 0 Å². The lowest BCUT2D eigenvalue weighted by Crippen LogP contribution is -2.12. The smallest absolute Gasteiger partial charge is 0.239 e. The Kier molecular flexibility index (Phi) is 5.56. The van der Waals surface area contributed by atoms with E-state index in [-0.39, 0.29) is 12.3 Å². The van der Waals surface area contributed by atoms with Gasteiger partial charge in [-0.2, -0.15) is 10.1 Å². The fraction of sp³-hybridized carbons (Fsp3) is 0.222. The monoisotopic (exact) mass is 411 g/mol. The Bertz CT molecular complexity index is 1070. The van der Waals surface area contributed by atoms with Gasteiger partial charge in [-0.15, -0.1) is 11.3 Å². The van der Waals surface area contributed by atoms with Crippen molar-refractivity contribution < 1.29 is 14.1 Å². The molecule has 0 spiro atoms. The van der Waals surface area contributed by atoms with Gasteiger partial charge in [0, 0.05) is 23.8 Å². The normalized spacial score (nSPS) is 10.8. The predicted octanol–water partition coefficient (Wildman–Crippen LogP) is 2.95. The zero-order valence-electron chi connectivity index (χ0n) is 15.5. The molecule has 0 aliphatic carbocycles. The highest BCUT2D eigenvalue weighted by molar-refractivity contribution is 7.14. The summed E-state index contributed by atoms with van der Waals surface area (Å²) >= 11 is 1.37. The molecular weight excluding hydrogens is 394 g/mol. The Hall–Kier alpha value is -3.60. The molecule has 11 heteroatoms. The van der Waals surface area contributed by atoms with E-state index in [0.717, 1.165) is 17.0 Å². The molecule has 10 nitrogen and oxygen atoms in total. The van der Waals surface area contributed by atoms with E-state index in [1.54, 1.807) is 0 Å². The van der Waals surface area contributed by atoms with Crippen molar-refractivity contribution in [2.75, 3.05) is 11.9 Å². The molecule has 0 fully saturated rings. The second-order valence-corrected chi connectivity index (χ2v) is 6.75. The van der Waals surface area contributed by atoms with Crippen molar-refractivity contribution in [3.63, 3.8) is 0 Å². The number of benzene rings is 1. The number of nitrogens with zero attached hydrogens (tertiary/aromatic N) is 5. The highest BCUT2D eigenvalue weighted by Crippen LogP contribution is 2.26. The first-order valence-electron chi connectivity index (χ1n) is 8.88. The van der Waals surface area contributed by atoms with Gasteiger partial charge in [0.1, 0.15) is 12.1 Å². The van der Waals surface area contributed by atoms with E-state index in [9.17, 15) is 4.79 Å². The number of hydrogen-bond donors (Lipinski definition) is 2. The standard InChI is InChI=1S/C18H17N7O3S/c1-2-27-12-5-3-11(4-6-12)13-9-29-18(21-13)22-14(26)7-8-15-23-17(25-28-15)16-19-10-20-24-16/h3-6,9-10H,2,7-8H2,1H3,(H,19,20,24)(H,21,22,26). The Balaban J connectivity index is 1.31. The quantitative estimate of drug-likeness (QED) is 0.452. The second kappa shape index (κ2) is 8.61. The first-order valence-corrected chi connectivity index (χ1v) is 9.76. The lowest BCUT2D eigenvalue weighted by molar-refractivity contribution is -0.116. The maximum absolute atomic E-state index is 12.2. The highest BCUT2D eigenvalue weighted by Gasteiger charge is 2.13. The van der Waals surface area contributed by atoms with Gasteiger partial charge in [0.2, 0.25) is 17.6 Å². The van der Waals surface area contributed by atoms with Gasteiger partial charge in [-0.05, 0) is 31.2 Å². The summed E-state index contributed by atoms with van der Waals surface area (Å²) in [6, 6.07) is 7.67. The summed E-state index contributed by atoms with van der Waals surface area (Å²) in [4.78, 5) is 24.8. The third-order valence-electron chi connectivity index (χ3n) is 3.87. The van der Waals surface area contributed by atoms with Crippen LogP contribution in [0.1, 0.15) is 19.2 Å². The van der Waals surface area contributed by atoms with Gasteiger partial charge in [0.25, 0.3) is 0 Å². The number of carbonyl (C=O) groups is 1. The third-order valence-corrected chi connectivity index (χ3v) is 4.63. The number of H-pyrrole nitrogens is 1. The molecule has 1 amide bonds. The number of aromatic nitrogens is 6. The van der Waals surface area contributed by atoms with Crippen LogP contribution in [-0.2, 0) is 11.2 Å². The van der Waals surface area contributed by atoms with E-state index in [4.69, 9.17) is 9.26 Å². The molecule has 3 aromatic heterocycles. The minimum absolute atomic E-state index is 0.183. The summed E-state index contributed by atoms with van der Waals surface area (Å²) in [6.45, 7) is 2.56. The first kappa shape index (κ1) is 18.7. The number of amides is 1. The molecule has 0 aliphatic heterocycles. The average Bonchev–Trinajstić information content (AvgIpc) is 3.48. The molecule has 0 atom stereocenters.